The molecule has 0 saturated carbocycles. The minimum absolute atomic E-state index is 0.243. The number of nitrogens with zero attached hydrogens (tertiary/aromatic N) is 3. The molecule has 4 rings (SSSR count). The van der Waals surface area contributed by atoms with Gasteiger partial charge < -0.3 is 5.32 Å². The second-order valence-corrected chi connectivity index (χ2v) is 6.33. The molecule has 3 heterocycles. The van der Waals surface area contributed by atoms with Crippen molar-refractivity contribution in [1.29, 1.82) is 0 Å². The lowest BCUT2D eigenvalue weighted by Crippen LogP contribution is -2.37. The topological polar surface area (TPSA) is 51.9 Å². The molecular formula is C16H22N4O. The van der Waals surface area contributed by atoms with Crippen LogP contribution in [0, 0.1) is 0 Å². The molecule has 1 fully saturated rings. The molecule has 0 radical (unpaired) electrons. The lowest BCUT2D eigenvalue weighted by Gasteiger charge is -2.28. The molecule has 2 aromatic rings. The van der Waals surface area contributed by atoms with Gasteiger partial charge in [-0.2, -0.15) is 5.10 Å². The summed E-state index contributed by atoms with van der Waals surface area (Å²) < 4.78 is 3.93. The number of rotatable bonds is 1. The van der Waals surface area contributed by atoms with E-state index in [0.717, 1.165) is 56.4 Å². The van der Waals surface area contributed by atoms with Gasteiger partial charge in [-0.3, -0.25) is 14.0 Å². The summed E-state index contributed by atoms with van der Waals surface area (Å²) >= 11 is 0. The minimum Gasteiger partial charge on any atom is -0.317 e. The zero-order valence-electron chi connectivity index (χ0n) is 12.6. The van der Waals surface area contributed by atoms with Gasteiger partial charge in [0.1, 0.15) is 5.65 Å². The number of aromatic nitrogens is 3. The van der Waals surface area contributed by atoms with Gasteiger partial charge in [0.2, 0.25) is 0 Å². The second kappa shape index (κ2) is 4.98. The van der Waals surface area contributed by atoms with Crippen LogP contribution in [0.2, 0.25) is 0 Å². The number of nitrogens with one attached hydrogen (secondary N) is 1. The van der Waals surface area contributed by atoms with Gasteiger partial charge in [-0.05, 0) is 57.2 Å². The quantitative estimate of drug-likeness (QED) is 0.865. The van der Waals surface area contributed by atoms with Gasteiger partial charge in [-0.1, -0.05) is 0 Å². The molecule has 1 aliphatic heterocycles. The zero-order chi connectivity index (χ0) is 14.4. The maximum Gasteiger partial charge on any atom is 0.255 e. The van der Waals surface area contributed by atoms with E-state index in [2.05, 4.69) is 10.4 Å². The standard InChI is InChI=1S/C16H22N4O/c1-19-15-14(10-18-19)12-4-2-3-5-13(12)16(21)20(15)11-6-8-17-9-7-11/h10-11,17H,2-9H2,1H3. The van der Waals surface area contributed by atoms with Crippen LogP contribution in [0.3, 0.4) is 0 Å². The van der Waals surface area contributed by atoms with Crippen molar-refractivity contribution in [3.8, 4) is 0 Å². The summed E-state index contributed by atoms with van der Waals surface area (Å²) in [6, 6.07) is 0.309. The van der Waals surface area contributed by atoms with E-state index in [1.165, 1.54) is 17.4 Å². The molecule has 0 amide bonds. The monoisotopic (exact) mass is 286 g/mol. The largest absolute Gasteiger partial charge is 0.317 e. The van der Waals surface area contributed by atoms with E-state index in [-0.39, 0.29) is 5.56 Å². The van der Waals surface area contributed by atoms with Crippen molar-refractivity contribution in [2.45, 2.75) is 44.6 Å². The Morgan fingerprint density at radius 3 is 2.67 bits per heavy atom. The first-order valence-corrected chi connectivity index (χ1v) is 8.06. The Balaban J connectivity index is 2.02. The molecule has 0 bridgehead atoms. The lowest BCUT2D eigenvalue weighted by molar-refractivity contribution is 0.363. The van der Waals surface area contributed by atoms with Crippen molar-refractivity contribution in [2.24, 2.45) is 7.05 Å². The first-order valence-electron chi connectivity index (χ1n) is 8.06. The summed E-state index contributed by atoms with van der Waals surface area (Å²) in [5, 5.41) is 9.03. The van der Waals surface area contributed by atoms with E-state index in [9.17, 15) is 4.79 Å². The van der Waals surface area contributed by atoms with Gasteiger partial charge in [0, 0.05) is 24.0 Å². The van der Waals surface area contributed by atoms with E-state index >= 15 is 0 Å². The second-order valence-electron chi connectivity index (χ2n) is 6.33. The Kier molecular flexibility index (Phi) is 3.10. The Morgan fingerprint density at radius 1 is 1.19 bits per heavy atom. The fourth-order valence-corrected chi connectivity index (χ4v) is 4.01. The molecule has 5 nitrogen and oxygen atoms in total. The average molecular weight is 286 g/mol. The van der Waals surface area contributed by atoms with Crippen molar-refractivity contribution in [1.82, 2.24) is 19.7 Å². The van der Waals surface area contributed by atoms with Crippen LogP contribution in [0.15, 0.2) is 11.0 Å². The van der Waals surface area contributed by atoms with Crippen molar-refractivity contribution < 1.29 is 0 Å². The molecule has 1 N–H and O–H groups in total. The third-order valence-corrected chi connectivity index (χ3v) is 5.08. The number of fused-ring (bicyclic) bond motifs is 3. The molecule has 0 aromatic carbocycles. The van der Waals surface area contributed by atoms with Crippen molar-refractivity contribution >= 4 is 11.0 Å². The summed E-state index contributed by atoms with van der Waals surface area (Å²) in [5.74, 6) is 0. The summed E-state index contributed by atoms with van der Waals surface area (Å²) in [5.41, 5.74) is 3.58. The highest BCUT2D eigenvalue weighted by Crippen LogP contribution is 2.29. The maximum atomic E-state index is 13.1. The molecule has 0 spiro atoms. The lowest BCUT2D eigenvalue weighted by atomic mass is 9.90. The molecule has 2 aromatic heterocycles. The van der Waals surface area contributed by atoms with Crippen molar-refractivity contribution in [3.63, 3.8) is 0 Å². The fourth-order valence-electron chi connectivity index (χ4n) is 4.01. The maximum absolute atomic E-state index is 13.1. The molecule has 1 aliphatic carbocycles. The van der Waals surface area contributed by atoms with E-state index < -0.39 is 0 Å². The Bertz CT molecular complexity index is 737. The normalized spacial score (nSPS) is 19.9. The van der Waals surface area contributed by atoms with E-state index in [0.29, 0.717) is 6.04 Å². The molecular weight excluding hydrogens is 264 g/mol. The van der Waals surface area contributed by atoms with E-state index in [4.69, 9.17) is 0 Å². The van der Waals surface area contributed by atoms with Crippen molar-refractivity contribution in [3.05, 3.63) is 27.7 Å². The van der Waals surface area contributed by atoms with Crippen LogP contribution in [0.25, 0.3) is 11.0 Å². The number of piperidine rings is 1. The highest BCUT2D eigenvalue weighted by Gasteiger charge is 2.26. The summed E-state index contributed by atoms with van der Waals surface area (Å²) in [4.78, 5) is 13.1. The van der Waals surface area contributed by atoms with E-state index in [1.807, 2.05) is 22.5 Å². The van der Waals surface area contributed by atoms with Crippen LogP contribution in [0.4, 0.5) is 0 Å². The van der Waals surface area contributed by atoms with Crippen LogP contribution in [-0.2, 0) is 19.9 Å². The fraction of sp³-hybridized carbons (Fsp3) is 0.625. The van der Waals surface area contributed by atoms with Gasteiger partial charge in [0.25, 0.3) is 5.56 Å². The Morgan fingerprint density at radius 2 is 1.90 bits per heavy atom. The SMILES string of the molecule is Cn1ncc2c3c(c(=O)n(C4CCNCC4)c21)CCCC3. The molecule has 112 valence electrons. The molecule has 21 heavy (non-hydrogen) atoms. The smallest absolute Gasteiger partial charge is 0.255 e. The highest BCUT2D eigenvalue weighted by atomic mass is 16.1. The minimum atomic E-state index is 0.243. The van der Waals surface area contributed by atoms with Crippen LogP contribution in [-0.4, -0.2) is 27.4 Å². The van der Waals surface area contributed by atoms with Crippen LogP contribution < -0.4 is 10.9 Å². The van der Waals surface area contributed by atoms with Gasteiger partial charge in [0.15, 0.2) is 0 Å². The predicted octanol–water partition coefficient (Wildman–Crippen LogP) is 1.54. The van der Waals surface area contributed by atoms with Gasteiger partial charge >= 0.3 is 0 Å². The third kappa shape index (κ3) is 1.94. The highest BCUT2D eigenvalue weighted by molar-refractivity contribution is 5.80. The Hall–Kier alpha value is -1.62. The summed E-state index contributed by atoms with van der Waals surface area (Å²) in [7, 11) is 1.95. The van der Waals surface area contributed by atoms with Gasteiger partial charge in [-0.25, -0.2) is 0 Å². The molecule has 1 saturated heterocycles. The third-order valence-electron chi connectivity index (χ3n) is 5.08. The molecule has 2 aliphatic rings. The van der Waals surface area contributed by atoms with Gasteiger partial charge in [-0.15, -0.1) is 0 Å². The first-order chi connectivity index (χ1) is 10.3. The number of pyridine rings is 1. The van der Waals surface area contributed by atoms with Crippen LogP contribution in [0.5, 0.6) is 0 Å². The van der Waals surface area contributed by atoms with Crippen LogP contribution in [0.1, 0.15) is 42.9 Å². The van der Waals surface area contributed by atoms with Crippen molar-refractivity contribution in [2.75, 3.05) is 13.1 Å². The predicted molar refractivity (Wildman–Crippen MR) is 82.8 cm³/mol. The molecule has 0 atom stereocenters. The Labute approximate surface area is 123 Å². The van der Waals surface area contributed by atoms with Gasteiger partial charge in [0.05, 0.1) is 6.20 Å². The molecule has 5 heteroatoms. The zero-order valence-corrected chi connectivity index (χ0v) is 12.6. The first kappa shape index (κ1) is 13.1. The molecule has 0 unspecified atom stereocenters. The number of hydrogen-bond donors (Lipinski definition) is 1. The number of aryl methyl sites for hydroxylation is 2. The summed E-state index contributed by atoms with van der Waals surface area (Å²) in [6.07, 6.45) is 8.30. The summed E-state index contributed by atoms with van der Waals surface area (Å²) in [6.45, 7) is 1.99. The van der Waals surface area contributed by atoms with E-state index in [1.54, 1.807) is 0 Å². The van der Waals surface area contributed by atoms with Crippen LogP contribution >= 0.6 is 0 Å². The number of hydrogen-bond acceptors (Lipinski definition) is 3. The average Bonchev–Trinajstić information content (AvgIpc) is 2.91.